The third kappa shape index (κ3) is 5.86. The summed E-state index contributed by atoms with van der Waals surface area (Å²) in [6.07, 6.45) is 1.39. The molecule has 0 bridgehead atoms. The zero-order chi connectivity index (χ0) is 18.9. The van der Waals surface area contributed by atoms with E-state index in [9.17, 15) is 4.79 Å². The first kappa shape index (κ1) is 19.4. The number of methoxy groups -OCH3 is 1. The average Bonchev–Trinajstić information content (AvgIpc) is 2.61. The fraction of sp³-hybridized carbons (Fsp3) is 0.222. The number of hydrogen-bond donors (Lipinski definition) is 2. The van der Waals surface area contributed by atoms with E-state index in [1.807, 2.05) is 31.2 Å². The summed E-state index contributed by atoms with van der Waals surface area (Å²) in [6.45, 7) is 2.66. The van der Waals surface area contributed by atoms with Crippen molar-refractivity contribution in [2.75, 3.05) is 20.3 Å². The molecule has 0 aromatic heterocycles. The minimum Gasteiger partial charge on any atom is -0.493 e. The third-order valence-electron chi connectivity index (χ3n) is 3.26. The van der Waals surface area contributed by atoms with E-state index in [0.29, 0.717) is 35.3 Å². The van der Waals surface area contributed by atoms with E-state index in [4.69, 9.17) is 31.5 Å². The lowest BCUT2D eigenvalue weighted by Crippen LogP contribution is -2.24. The summed E-state index contributed by atoms with van der Waals surface area (Å²) in [7, 11) is 1.50. The molecule has 7 nitrogen and oxygen atoms in total. The maximum Gasteiger partial charge on any atom is 0.332 e. The highest BCUT2D eigenvalue weighted by atomic mass is 35.5. The van der Waals surface area contributed by atoms with Crippen molar-refractivity contribution in [3.63, 3.8) is 0 Å². The normalized spacial score (nSPS) is 10.6. The molecule has 2 aromatic rings. The molecule has 3 N–H and O–H groups in total. The highest BCUT2D eigenvalue weighted by Gasteiger charge is 2.11. The molecule has 0 saturated carbocycles. The number of urea groups is 1. The number of halogens is 1. The molecule has 0 aliphatic carbocycles. The molecule has 0 unspecified atom stereocenters. The van der Waals surface area contributed by atoms with E-state index in [-0.39, 0.29) is 0 Å². The number of rotatable bonds is 8. The molecule has 8 heteroatoms. The molecular formula is C18H20ClN3O4. The van der Waals surface area contributed by atoms with Crippen LogP contribution >= 0.6 is 11.6 Å². The van der Waals surface area contributed by atoms with E-state index >= 15 is 0 Å². The number of primary amides is 1. The predicted octanol–water partition coefficient (Wildman–Crippen LogP) is 3.12. The number of ether oxygens (including phenoxy) is 3. The minimum absolute atomic E-state index is 0.292. The molecule has 0 saturated heterocycles. The van der Waals surface area contributed by atoms with Gasteiger partial charge in [-0.3, -0.25) is 0 Å². The van der Waals surface area contributed by atoms with Gasteiger partial charge in [0.2, 0.25) is 0 Å². The van der Waals surface area contributed by atoms with Crippen molar-refractivity contribution in [3.05, 3.63) is 52.5 Å². The largest absolute Gasteiger partial charge is 0.493 e. The number of aryl methyl sites for hydroxylation is 1. The van der Waals surface area contributed by atoms with Crippen LogP contribution in [0.5, 0.6) is 17.2 Å². The Morgan fingerprint density at radius 3 is 2.58 bits per heavy atom. The van der Waals surface area contributed by atoms with Crippen molar-refractivity contribution < 1.29 is 19.0 Å². The van der Waals surface area contributed by atoms with Gasteiger partial charge in [0.25, 0.3) is 0 Å². The van der Waals surface area contributed by atoms with Crippen LogP contribution in [0.2, 0.25) is 5.02 Å². The Bertz CT molecular complexity index is 779. The molecule has 0 atom stereocenters. The number of nitrogens with two attached hydrogens (primary N) is 1. The summed E-state index contributed by atoms with van der Waals surface area (Å²) in [5.41, 5.74) is 8.82. The second-order valence-corrected chi connectivity index (χ2v) is 5.69. The van der Waals surface area contributed by atoms with Gasteiger partial charge in [0.05, 0.1) is 18.3 Å². The van der Waals surface area contributed by atoms with Gasteiger partial charge in [0.15, 0.2) is 11.5 Å². The second kappa shape index (κ2) is 9.53. The number of carbonyl (C=O) groups is 1. The first-order valence-electron chi connectivity index (χ1n) is 7.78. The Hall–Kier alpha value is -2.93. The number of nitrogens with one attached hydrogen (secondary N) is 1. The van der Waals surface area contributed by atoms with Crippen LogP contribution in [0.1, 0.15) is 11.1 Å². The summed E-state index contributed by atoms with van der Waals surface area (Å²) >= 11 is 6.25. The van der Waals surface area contributed by atoms with E-state index in [0.717, 1.165) is 5.75 Å². The molecule has 0 aliphatic heterocycles. The van der Waals surface area contributed by atoms with Crippen LogP contribution in [0.25, 0.3) is 0 Å². The Balaban J connectivity index is 1.96. The van der Waals surface area contributed by atoms with Crippen LogP contribution in [-0.2, 0) is 0 Å². The maximum atomic E-state index is 10.6. The topological polar surface area (TPSA) is 95.2 Å². The second-order valence-electron chi connectivity index (χ2n) is 5.28. The quantitative estimate of drug-likeness (QED) is 0.419. The molecule has 0 radical (unpaired) electrons. The van der Waals surface area contributed by atoms with Crippen LogP contribution < -0.4 is 25.4 Å². The molecule has 2 rings (SSSR count). The van der Waals surface area contributed by atoms with Gasteiger partial charge in [-0.2, -0.15) is 5.10 Å². The van der Waals surface area contributed by atoms with Crippen molar-refractivity contribution in [3.8, 4) is 17.2 Å². The van der Waals surface area contributed by atoms with E-state index in [1.54, 1.807) is 12.1 Å². The summed E-state index contributed by atoms with van der Waals surface area (Å²) in [4.78, 5) is 10.6. The number of hydrazone groups is 1. The first-order valence-corrected chi connectivity index (χ1v) is 8.15. The standard InChI is InChI=1S/C18H20ClN3O4/c1-12-3-5-14(6-4-12)25-7-8-26-17-15(19)9-13(10-16(17)24-2)11-21-22-18(20)23/h3-6,9-11H,7-8H2,1-2H3,(H3,20,22,23)/b21-11+. The number of benzene rings is 2. The van der Waals surface area contributed by atoms with Gasteiger partial charge < -0.3 is 19.9 Å². The average molecular weight is 378 g/mol. The maximum absolute atomic E-state index is 10.6. The van der Waals surface area contributed by atoms with Crippen LogP contribution in [0.4, 0.5) is 4.79 Å². The Kier molecular flexibility index (Phi) is 7.11. The molecule has 138 valence electrons. The van der Waals surface area contributed by atoms with Gasteiger partial charge in [-0.25, -0.2) is 10.2 Å². The zero-order valence-corrected chi connectivity index (χ0v) is 15.2. The van der Waals surface area contributed by atoms with Gasteiger partial charge in [0.1, 0.15) is 19.0 Å². The highest BCUT2D eigenvalue weighted by molar-refractivity contribution is 6.32. The minimum atomic E-state index is -0.757. The third-order valence-corrected chi connectivity index (χ3v) is 3.54. The van der Waals surface area contributed by atoms with Gasteiger partial charge in [-0.1, -0.05) is 29.3 Å². The van der Waals surface area contributed by atoms with E-state index < -0.39 is 6.03 Å². The highest BCUT2D eigenvalue weighted by Crippen LogP contribution is 2.36. The molecule has 0 aliphatic rings. The summed E-state index contributed by atoms with van der Waals surface area (Å²) in [6, 6.07) is 10.3. The van der Waals surface area contributed by atoms with Crippen molar-refractivity contribution >= 4 is 23.8 Å². The lowest BCUT2D eigenvalue weighted by molar-refractivity contribution is 0.211. The van der Waals surface area contributed by atoms with Crippen molar-refractivity contribution in [2.45, 2.75) is 6.92 Å². The van der Waals surface area contributed by atoms with Gasteiger partial charge in [0, 0.05) is 0 Å². The van der Waals surface area contributed by atoms with Crippen LogP contribution in [0.3, 0.4) is 0 Å². The predicted molar refractivity (Wildman–Crippen MR) is 100 cm³/mol. The summed E-state index contributed by atoms with van der Waals surface area (Å²) < 4.78 is 16.6. The fourth-order valence-corrected chi connectivity index (χ4v) is 2.34. The fourth-order valence-electron chi connectivity index (χ4n) is 2.06. The lowest BCUT2D eigenvalue weighted by Gasteiger charge is -2.13. The number of nitrogens with zero attached hydrogens (tertiary/aromatic N) is 1. The van der Waals surface area contributed by atoms with Crippen molar-refractivity contribution in [2.24, 2.45) is 10.8 Å². The molecule has 2 amide bonds. The SMILES string of the molecule is COc1cc(/C=N/NC(N)=O)cc(Cl)c1OCCOc1ccc(C)cc1. The van der Waals surface area contributed by atoms with Gasteiger partial charge in [-0.15, -0.1) is 0 Å². The molecule has 0 spiro atoms. The van der Waals surface area contributed by atoms with Gasteiger partial charge >= 0.3 is 6.03 Å². The number of amides is 2. The van der Waals surface area contributed by atoms with Crippen molar-refractivity contribution in [1.29, 1.82) is 0 Å². The Morgan fingerprint density at radius 2 is 1.92 bits per heavy atom. The van der Waals surface area contributed by atoms with E-state index in [1.165, 1.54) is 18.9 Å². The summed E-state index contributed by atoms with van der Waals surface area (Å²) in [5, 5.41) is 4.03. The zero-order valence-electron chi connectivity index (χ0n) is 14.5. The number of carbonyl (C=O) groups excluding carboxylic acids is 1. The van der Waals surface area contributed by atoms with E-state index in [2.05, 4.69) is 10.5 Å². The van der Waals surface area contributed by atoms with Crippen LogP contribution in [0.15, 0.2) is 41.5 Å². The Morgan fingerprint density at radius 1 is 1.23 bits per heavy atom. The number of hydrogen-bond acceptors (Lipinski definition) is 5. The monoisotopic (exact) mass is 377 g/mol. The lowest BCUT2D eigenvalue weighted by atomic mass is 10.2. The molecular weight excluding hydrogens is 358 g/mol. The van der Waals surface area contributed by atoms with Crippen molar-refractivity contribution in [1.82, 2.24) is 5.43 Å². The summed E-state index contributed by atoms with van der Waals surface area (Å²) in [5.74, 6) is 1.61. The van der Waals surface area contributed by atoms with Gasteiger partial charge in [-0.05, 0) is 36.8 Å². The molecule has 2 aromatic carbocycles. The van der Waals surface area contributed by atoms with Crippen LogP contribution in [0, 0.1) is 6.92 Å². The molecule has 0 heterocycles. The molecule has 26 heavy (non-hydrogen) atoms. The smallest absolute Gasteiger partial charge is 0.332 e. The van der Waals surface area contributed by atoms with Crippen LogP contribution in [-0.4, -0.2) is 32.6 Å². The molecule has 0 fully saturated rings. The Labute approximate surface area is 156 Å². The first-order chi connectivity index (χ1) is 12.5.